The van der Waals surface area contributed by atoms with Crippen LogP contribution in [-0.2, 0) is 0 Å². The van der Waals surface area contributed by atoms with Gasteiger partial charge in [0.2, 0.25) is 0 Å². The molecule has 0 amide bonds. The number of hydrogen-bond donors (Lipinski definition) is 1. The zero-order valence-electron chi connectivity index (χ0n) is 18.7. The average Bonchev–Trinajstić information content (AvgIpc) is 3.12. The molecule has 0 aliphatic carbocycles. The zero-order valence-corrected chi connectivity index (χ0v) is 18.7. The third-order valence-electron chi connectivity index (χ3n) is 5.43. The summed E-state index contributed by atoms with van der Waals surface area (Å²) in [5, 5.41) is 14.4. The van der Waals surface area contributed by atoms with Crippen molar-refractivity contribution >= 4 is 16.7 Å². The summed E-state index contributed by atoms with van der Waals surface area (Å²) in [5.41, 5.74) is 9.67. The molecule has 0 radical (unpaired) electrons. The number of ether oxygens (including phenoxy) is 1. The molecule has 8 heteroatoms. The van der Waals surface area contributed by atoms with Crippen LogP contribution in [0.3, 0.4) is 0 Å². The molecule has 0 aliphatic heterocycles. The molecule has 7 nitrogen and oxygen atoms in total. The summed E-state index contributed by atoms with van der Waals surface area (Å²) in [4.78, 5) is 1.90. The number of rotatable bonds is 7. The molecule has 0 fully saturated rings. The molecule has 2 aromatic heterocycles. The first-order valence-electron chi connectivity index (χ1n) is 10.5. The van der Waals surface area contributed by atoms with Crippen molar-refractivity contribution in [3.8, 4) is 11.4 Å². The third kappa shape index (κ3) is 4.01. The summed E-state index contributed by atoms with van der Waals surface area (Å²) in [6.07, 6.45) is 0.0173. The van der Waals surface area contributed by atoms with E-state index in [1.165, 1.54) is 6.07 Å². The van der Waals surface area contributed by atoms with E-state index in [1.807, 2.05) is 61.8 Å². The first-order chi connectivity index (χ1) is 15.4. The normalized spacial score (nSPS) is 12.2. The summed E-state index contributed by atoms with van der Waals surface area (Å²) in [5.74, 6) is 1.02. The highest BCUT2D eigenvalue weighted by atomic mass is 19.1. The molecule has 0 bridgehead atoms. The monoisotopic (exact) mass is 434 g/mol. The van der Waals surface area contributed by atoms with Crippen molar-refractivity contribution in [3.63, 3.8) is 0 Å². The molecule has 2 N–H and O–H groups in total. The summed E-state index contributed by atoms with van der Waals surface area (Å²) in [6, 6.07) is 14.2. The molecule has 32 heavy (non-hydrogen) atoms. The van der Waals surface area contributed by atoms with E-state index >= 15 is 0 Å². The van der Waals surface area contributed by atoms with Gasteiger partial charge in [-0.1, -0.05) is 24.3 Å². The zero-order chi connectivity index (χ0) is 22.8. The number of aromatic nitrogens is 4. The highest BCUT2D eigenvalue weighted by Gasteiger charge is 2.20. The van der Waals surface area contributed by atoms with Crippen LogP contribution in [0.25, 0.3) is 16.6 Å². The molecule has 1 unspecified atom stereocenters. The van der Waals surface area contributed by atoms with Gasteiger partial charge in [0.1, 0.15) is 23.2 Å². The number of aryl methyl sites for hydroxylation is 2. The van der Waals surface area contributed by atoms with Crippen LogP contribution in [0.15, 0.2) is 48.5 Å². The lowest BCUT2D eigenvalue weighted by atomic mass is 10.1. The van der Waals surface area contributed by atoms with Crippen LogP contribution in [0.1, 0.15) is 29.5 Å². The van der Waals surface area contributed by atoms with Crippen molar-refractivity contribution in [2.75, 3.05) is 25.5 Å². The van der Waals surface area contributed by atoms with E-state index in [0.717, 1.165) is 28.0 Å². The fourth-order valence-electron chi connectivity index (χ4n) is 3.88. The SMILES string of the molecule is Cc1nnc(N(C)C)c2nn(-c3cccc(OC(CCN)c4ccccc4F)c3)c(C)c12. The quantitative estimate of drug-likeness (QED) is 0.471. The van der Waals surface area contributed by atoms with Gasteiger partial charge in [-0.25, -0.2) is 9.07 Å². The van der Waals surface area contributed by atoms with Gasteiger partial charge in [-0.2, -0.15) is 10.2 Å². The largest absolute Gasteiger partial charge is 0.486 e. The van der Waals surface area contributed by atoms with Crippen molar-refractivity contribution in [2.24, 2.45) is 5.73 Å². The predicted molar refractivity (Wildman–Crippen MR) is 124 cm³/mol. The van der Waals surface area contributed by atoms with Crippen molar-refractivity contribution in [1.29, 1.82) is 0 Å². The molecule has 2 aromatic carbocycles. The van der Waals surface area contributed by atoms with Crippen LogP contribution in [0.4, 0.5) is 10.2 Å². The Morgan fingerprint density at radius 2 is 1.88 bits per heavy atom. The van der Waals surface area contributed by atoms with E-state index in [-0.39, 0.29) is 5.82 Å². The van der Waals surface area contributed by atoms with Gasteiger partial charge in [0.15, 0.2) is 5.82 Å². The molecule has 4 aromatic rings. The van der Waals surface area contributed by atoms with Gasteiger partial charge in [-0.05, 0) is 38.6 Å². The van der Waals surface area contributed by atoms with Crippen molar-refractivity contribution < 1.29 is 9.13 Å². The predicted octanol–water partition coefficient (Wildman–Crippen LogP) is 4.11. The summed E-state index contributed by atoms with van der Waals surface area (Å²) < 4.78 is 22.4. The lowest BCUT2D eigenvalue weighted by Crippen LogP contribution is -2.14. The van der Waals surface area contributed by atoms with Gasteiger partial charge in [0.05, 0.1) is 22.5 Å². The Bertz CT molecular complexity index is 1250. The number of hydrogen-bond acceptors (Lipinski definition) is 6. The van der Waals surface area contributed by atoms with Gasteiger partial charge in [0.25, 0.3) is 0 Å². The van der Waals surface area contributed by atoms with Crippen LogP contribution < -0.4 is 15.4 Å². The number of nitrogens with zero attached hydrogens (tertiary/aromatic N) is 5. The van der Waals surface area contributed by atoms with E-state index in [1.54, 1.807) is 18.2 Å². The third-order valence-corrected chi connectivity index (χ3v) is 5.43. The molecule has 0 spiro atoms. The Labute approximate surface area is 186 Å². The van der Waals surface area contributed by atoms with Crippen molar-refractivity contribution in [1.82, 2.24) is 20.0 Å². The summed E-state index contributed by atoms with van der Waals surface area (Å²) in [7, 11) is 3.84. The van der Waals surface area contributed by atoms with Crippen LogP contribution in [0, 0.1) is 19.7 Å². The van der Waals surface area contributed by atoms with Crippen molar-refractivity contribution in [2.45, 2.75) is 26.4 Å². The molecule has 1 atom stereocenters. The highest BCUT2D eigenvalue weighted by Crippen LogP contribution is 2.31. The Balaban J connectivity index is 1.74. The lowest BCUT2D eigenvalue weighted by molar-refractivity contribution is 0.193. The van der Waals surface area contributed by atoms with E-state index in [0.29, 0.717) is 30.1 Å². The number of anilines is 1. The van der Waals surface area contributed by atoms with Crippen molar-refractivity contribution in [3.05, 3.63) is 71.3 Å². The molecule has 0 saturated carbocycles. The molecule has 166 valence electrons. The Morgan fingerprint density at radius 3 is 2.59 bits per heavy atom. The van der Waals surface area contributed by atoms with E-state index in [4.69, 9.17) is 15.6 Å². The van der Waals surface area contributed by atoms with Gasteiger partial charge in [-0.3, -0.25) is 0 Å². The maximum Gasteiger partial charge on any atom is 0.179 e. The number of fused-ring (bicyclic) bond motifs is 1. The minimum Gasteiger partial charge on any atom is -0.486 e. The Hall–Kier alpha value is -3.52. The van der Waals surface area contributed by atoms with Gasteiger partial charge >= 0.3 is 0 Å². The first-order valence-corrected chi connectivity index (χ1v) is 10.5. The second kappa shape index (κ2) is 8.92. The van der Waals surface area contributed by atoms with E-state index in [2.05, 4.69) is 10.2 Å². The fourth-order valence-corrected chi connectivity index (χ4v) is 3.88. The first kappa shape index (κ1) is 21.7. The molecular formula is C24H27FN6O. The maximum atomic E-state index is 14.4. The van der Waals surface area contributed by atoms with E-state index in [9.17, 15) is 4.39 Å². The van der Waals surface area contributed by atoms with Gasteiger partial charge in [0, 0.05) is 32.1 Å². The Kier molecular flexibility index (Phi) is 6.05. The fraction of sp³-hybridized carbons (Fsp3) is 0.292. The van der Waals surface area contributed by atoms with Crippen LogP contribution in [0.5, 0.6) is 5.75 Å². The second-order valence-electron chi connectivity index (χ2n) is 7.93. The Morgan fingerprint density at radius 1 is 1.09 bits per heavy atom. The topological polar surface area (TPSA) is 82.1 Å². The highest BCUT2D eigenvalue weighted by molar-refractivity contribution is 5.92. The number of nitrogens with two attached hydrogens (primary N) is 1. The molecule has 0 saturated heterocycles. The summed E-state index contributed by atoms with van der Waals surface area (Å²) >= 11 is 0. The van der Waals surface area contributed by atoms with E-state index < -0.39 is 6.10 Å². The van der Waals surface area contributed by atoms with Gasteiger partial charge < -0.3 is 15.4 Å². The maximum absolute atomic E-state index is 14.4. The number of halogens is 1. The van der Waals surface area contributed by atoms with Crippen LogP contribution in [0.2, 0.25) is 0 Å². The summed E-state index contributed by atoms with van der Waals surface area (Å²) in [6.45, 7) is 4.32. The van der Waals surface area contributed by atoms with Crippen LogP contribution >= 0.6 is 0 Å². The van der Waals surface area contributed by atoms with Gasteiger partial charge in [-0.15, -0.1) is 5.10 Å². The molecule has 2 heterocycles. The standard InChI is InChI=1S/C24H27FN6O/c1-15-22-16(2)31(29-23(22)24(28-27-15)30(3)4)17-8-7-9-18(14-17)32-21(12-13-26)19-10-5-6-11-20(19)25/h5-11,14,21H,12-13,26H2,1-4H3. The average molecular weight is 435 g/mol. The minimum absolute atomic E-state index is 0.303. The second-order valence-corrected chi connectivity index (χ2v) is 7.93. The number of benzene rings is 2. The lowest BCUT2D eigenvalue weighted by Gasteiger charge is -2.20. The minimum atomic E-state index is -0.481. The molecular weight excluding hydrogens is 407 g/mol. The molecule has 4 rings (SSSR count). The molecule has 0 aliphatic rings. The smallest absolute Gasteiger partial charge is 0.179 e. The van der Waals surface area contributed by atoms with Crippen LogP contribution in [-0.4, -0.2) is 40.6 Å².